The Hall–Kier alpha value is -2.64. The van der Waals surface area contributed by atoms with Crippen molar-refractivity contribution in [3.8, 4) is 0 Å². The van der Waals surface area contributed by atoms with Crippen molar-refractivity contribution in [1.29, 1.82) is 0 Å². The maximum Gasteiger partial charge on any atom is 0.335 e. The molecule has 5 nitrogen and oxygen atoms in total. The maximum absolute atomic E-state index is 14.3. The van der Waals surface area contributed by atoms with Crippen LogP contribution in [0.1, 0.15) is 35.2 Å². The van der Waals surface area contributed by atoms with Crippen LogP contribution in [-0.2, 0) is 19.6 Å². The minimum absolute atomic E-state index is 0.173. The molecule has 1 aliphatic rings. The first-order valence-electron chi connectivity index (χ1n) is 10.6. The van der Waals surface area contributed by atoms with Crippen LogP contribution in [0.25, 0.3) is 0 Å². The molecule has 3 aromatic carbocycles. The van der Waals surface area contributed by atoms with Crippen LogP contribution in [0.15, 0.2) is 89.3 Å². The number of esters is 1. The lowest BCUT2D eigenvalue weighted by Crippen LogP contribution is -2.42. The standard InChI is InChI=1S/C26H23Cl2NO4S/c1-17-6-3-4-9-24(17)34(31,32)29-23(18-10-12-20(27)13-11-18)15-14-22(26(30)33-2)25(29)19-7-5-8-21(28)16-19/h3-14,16,23,25H,15H2,1-2H3/t23?,25-/m0/s1. The van der Waals surface area contributed by atoms with Gasteiger partial charge >= 0.3 is 5.97 Å². The third-order valence-electron chi connectivity index (χ3n) is 5.91. The average molecular weight is 516 g/mol. The number of nitrogens with zero attached hydrogens (tertiary/aromatic N) is 1. The molecule has 3 aromatic rings. The molecular weight excluding hydrogens is 493 g/mol. The number of hydrogen-bond donors (Lipinski definition) is 0. The van der Waals surface area contributed by atoms with Gasteiger partial charge in [-0.3, -0.25) is 0 Å². The number of carbonyl (C=O) groups excluding carboxylic acids is 1. The lowest BCUT2D eigenvalue weighted by molar-refractivity contribution is -0.137. The van der Waals surface area contributed by atoms with Crippen molar-refractivity contribution in [3.63, 3.8) is 0 Å². The first-order chi connectivity index (χ1) is 16.2. The monoisotopic (exact) mass is 515 g/mol. The summed E-state index contributed by atoms with van der Waals surface area (Å²) in [7, 11) is -2.79. The van der Waals surface area contributed by atoms with Gasteiger partial charge < -0.3 is 4.74 Å². The van der Waals surface area contributed by atoms with E-state index in [4.69, 9.17) is 27.9 Å². The van der Waals surface area contributed by atoms with Crippen LogP contribution < -0.4 is 0 Å². The number of benzene rings is 3. The molecule has 0 aromatic heterocycles. The van der Waals surface area contributed by atoms with Gasteiger partial charge in [0, 0.05) is 10.0 Å². The van der Waals surface area contributed by atoms with Crippen LogP contribution in [0.5, 0.6) is 0 Å². The number of sulfonamides is 1. The summed E-state index contributed by atoms with van der Waals surface area (Å²) < 4.78 is 35.0. The van der Waals surface area contributed by atoms with Crippen LogP contribution in [0.3, 0.4) is 0 Å². The van der Waals surface area contributed by atoms with E-state index < -0.39 is 28.1 Å². The third-order valence-corrected chi connectivity index (χ3v) is 8.43. The van der Waals surface area contributed by atoms with E-state index in [9.17, 15) is 13.2 Å². The Kier molecular flexibility index (Phi) is 7.14. The largest absolute Gasteiger partial charge is 0.466 e. The van der Waals surface area contributed by atoms with Crippen LogP contribution in [0.2, 0.25) is 10.0 Å². The molecular formula is C26H23Cl2NO4S. The van der Waals surface area contributed by atoms with Crippen molar-refractivity contribution in [1.82, 2.24) is 4.31 Å². The average Bonchev–Trinajstić information content (AvgIpc) is 2.83. The summed E-state index contributed by atoms with van der Waals surface area (Å²) in [5.41, 5.74) is 2.18. The van der Waals surface area contributed by atoms with E-state index in [1.807, 2.05) is 0 Å². The van der Waals surface area contributed by atoms with Crippen LogP contribution in [0.4, 0.5) is 0 Å². The smallest absolute Gasteiger partial charge is 0.335 e. The van der Waals surface area contributed by atoms with E-state index in [0.717, 1.165) is 5.56 Å². The Morgan fingerprint density at radius 3 is 2.29 bits per heavy atom. The first kappa shape index (κ1) is 24.5. The van der Waals surface area contributed by atoms with Gasteiger partial charge in [-0.25, -0.2) is 13.2 Å². The van der Waals surface area contributed by atoms with Gasteiger partial charge in [-0.05, 0) is 60.4 Å². The van der Waals surface area contributed by atoms with Gasteiger partial charge in [0.2, 0.25) is 10.0 Å². The van der Waals surface area contributed by atoms with Crippen molar-refractivity contribution >= 4 is 39.2 Å². The number of aryl methyl sites for hydroxylation is 1. The van der Waals surface area contributed by atoms with Gasteiger partial charge in [-0.2, -0.15) is 4.31 Å². The molecule has 1 aliphatic heterocycles. The lowest BCUT2D eigenvalue weighted by atomic mass is 9.89. The molecule has 4 rings (SSSR count). The Bertz CT molecular complexity index is 1350. The summed E-state index contributed by atoms with van der Waals surface area (Å²) in [4.78, 5) is 13.0. The highest BCUT2D eigenvalue weighted by Gasteiger charge is 2.45. The normalized spacial score (nSPS) is 18.9. The summed E-state index contributed by atoms with van der Waals surface area (Å²) in [6.07, 6.45) is 2.04. The Morgan fingerprint density at radius 2 is 1.65 bits per heavy atom. The Morgan fingerprint density at radius 1 is 0.941 bits per heavy atom. The Balaban J connectivity index is 2.00. The molecule has 0 N–H and O–H groups in total. The summed E-state index contributed by atoms with van der Waals surface area (Å²) in [5.74, 6) is -0.593. The number of hydrogen-bond acceptors (Lipinski definition) is 4. The van der Waals surface area contributed by atoms with E-state index in [2.05, 4.69) is 0 Å². The van der Waals surface area contributed by atoms with Crippen molar-refractivity contribution in [2.45, 2.75) is 30.3 Å². The molecule has 0 saturated heterocycles. The fourth-order valence-corrected chi connectivity index (χ4v) is 6.65. The summed E-state index contributed by atoms with van der Waals surface area (Å²) >= 11 is 12.4. The molecule has 176 valence electrons. The van der Waals surface area contributed by atoms with Gasteiger partial charge in [-0.1, -0.05) is 71.7 Å². The maximum atomic E-state index is 14.3. The molecule has 0 saturated carbocycles. The lowest BCUT2D eigenvalue weighted by Gasteiger charge is -2.41. The first-order valence-corrected chi connectivity index (χ1v) is 12.8. The molecule has 1 unspecified atom stereocenters. The zero-order valence-electron chi connectivity index (χ0n) is 18.6. The fourth-order valence-electron chi connectivity index (χ4n) is 4.32. The minimum Gasteiger partial charge on any atom is -0.466 e. The van der Waals surface area contributed by atoms with Gasteiger partial charge in [0.05, 0.1) is 29.7 Å². The molecule has 1 heterocycles. The van der Waals surface area contributed by atoms with Gasteiger partial charge in [0.15, 0.2) is 0 Å². The van der Waals surface area contributed by atoms with Crippen molar-refractivity contribution < 1.29 is 17.9 Å². The number of carbonyl (C=O) groups is 1. The zero-order valence-corrected chi connectivity index (χ0v) is 20.9. The highest BCUT2D eigenvalue weighted by atomic mass is 35.5. The van der Waals surface area contributed by atoms with E-state index in [-0.39, 0.29) is 16.9 Å². The van der Waals surface area contributed by atoms with Gasteiger partial charge in [0.25, 0.3) is 0 Å². The minimum atomic E-state index is -4.08. The number of rotatable bonds is 5. The van der Waals surface area contributed by atoms with Crippen LogP contribution in [-0.4, -0.2) is 25.8 Å². The second-order valence-electron chi connectivity index (χ2n) is 8.01. The molecule has 0 amide bonds. The molecule has 0 bridgehead atoms. The SMILES string of the molecule is COC(=O)C1=CCC(c2ccc(Cl)cc2)N(S(=O)(=O)c2ccccc2C)[C@H]1c1cccc(Cl)c1. The van der Waals surface area contributed by atoms with E-state index in [1.54, 1.807) is 85.8 Å². The predicted octanol–water partition coefficient (Wildman–Crippen LogP) is 6.28. The van der Waals surface area contributed by atoms with Crippen LogP contribution >= 0.6 is 23.2 Å². The van der Waals surface area contributed by atoms with E-state index >= 15 is 0 Å². The van der Waals surface area contributed by atoms with Crippen molar-refractivity contribution in [2.75, 3.05) is 7.11 Å². The van der Waals surface area contributed by atoms with Gasteiger partial charge in [-0.15, -0.1) is 0 Å². The van der Waals surface area contributed by atoms with E-state index in [1.165, 1.54) is 11.4 Å². The molecule has 0 spiro atoms. The number of halogens is 2. The molecule has 2 atom stereocenters. The van der Waals surface area contributed by atoms with Gasteiger partial charge in [0.1, 0.15) is 0 Å². The Labute approximate surface area is 209 Å². The second-order valence-corrected chi connectivity index (χ2v) is 10.7. The summed E-state index contributed by atoms with van der Waals surface area (Å²) in [5, 5.41) is 0.980. The van der Waals surface area contributed by atoms with Crippen molar-refractivity contribution in [3.05, 3.63) is 111 Å². The highest BCUT2D eigenvalue weighted by Crippen LogP contribution is 2.46. The molecule has 0 radical (unpaired) electrons. The number of methoxy groups -OCH3 is 1. The quantitative estimate of drug-likeness (QED) is 0.375. The molecule has 34 heavy (non-hydrogen) atoms. The zero-order chi connectivity index (χ0) is 24.5. The highest BCUT2D eigenvalue weighted by molar-refractivity contribution is 7.89. The number of ether oxygens (including phenoxy) is 1. The predicted molar refractivity (Wildman–Crippen MR) is 133 cm³/mol. The third kappa shape index (κ3) is 4.64. The molecule has 0 aliphatic carbocycles. The molecule has 8 heteroatoms. The summed E-state index contributed by atoms with van der Waals surface area (Å²) in [6.45, 7) is 1.75. The fraction of sp³-hybridized carbons (Fsp3) is 0.192. The molecule has 0 fully saturated rings. The van der Waals surface area contributed by atoms with Crippen LogP contribution in [0, 0.1) is 6.92 Å². The topological polar surface area (TPSA) is 63.7 Å². The van der Waals surface area contributed by atoms with Crippen molar-refractivity contribution in [2.24, 2.45) is 0 Å². The second kappa shape index (κ2) is 9.92. The summed E-state index contributed by atoms with van der Waals surface area (Å²) in [6, 6.07) is 19.2. The van der Waals surface area contributed by atoms with E-state index in [0.29, 0.717) is 21.2 Å².